The van der Waals surface area contributed by atoms with Crippen LogP contribution in [-0.2, 0) is 25.9 Å². The number of hydrogen-bond acceptors (Lipinski definition) is 6. The summed E-state index contributed by atoms with van der Waals surface area (Å²) < 4.78 is 39.5. The van der Waals surface area contributed by atoms with Gasteiger partial charge in [-0.1, -0.05) is 6.07 Å². The number of hydrogen-bond donors (Lipinski definition) is 0. The molecule has 0 bridgehead atoms. The van der Waals surface area contributed by atoms with E-state index in [2.05, 4.69) is 4.36 Å². The molecule has 7 nitrogen and oxygen atoms in total. The summed E-state index contributed by atoms with van der Waals surface area (Å²) in [5.74, 6) is 1.35. The van der Waals surface area contributed by atoms with Crippen molar-refractivity contribution >= 4 is 9.92 Å². The summed E-state index contributed by atoms with van der Waals surface area (Å²) in [5, 5.41) is 0. The SMILES string of the molecule is CN=S(C)(=O)N(Cc1ccc(OC)cc1OC)CC(OC)OC. The third-order valence-corrected chi connectivity index (χ3v) is 5.45. The van der Waals surface area contributed by atoms with Crippen molar-refractivity contribution in [3.8, 4) is 11.5 Å². The number of rotatable bonds is 9. The van der Waals surface area contributed by atoms with Crippen LogP contribution in [0.25, 0.3) is 0 Å². The maximum Gasteiger partial charge on any atom is 0.170 e. The van der Waals surface area contributed by atoms with Crippen molar-refractivity contribution < 1.29 is 23.2 Å². The van der Waals surface area contributed by atoms with E-state index in [9.17, 15) is 4.21 Å². The Balaban J connectivity index is 3.13. The summed E-state index contributed by atoms with van der Waals surface area (Å²) in [5.41, 5.74) is 0.873. The van der Waals surface area contributed by atoms with Gasteiger partial charge in [-0.3, -0.25) is 0 Å². The summed E-state index contributed by atoms with van der Waals surface area (Å²) in [6, 6.07) is 5.50. The first-order valence-corrected chi connectivity index (χ1v) is 8.91. The zero-order valence-corrected chi connectivity index (χ0v) is 15.4. The molecule has 0 N–H and O–H groups in total. The monoisotopic (exact) mass is 346 g/mol. The Bertz CT molecular complexity index is 610. The highest BCUT2D eigenvalue weighted by atomic mass is 32.2. The Kier molecular flexibility index (Phi) is 7.77. The van der Waals surface area contributed by atoms with Crippen molar-refractivity contribution in [3.63, 3.8) is 0 Å². The summed E-state index contributed by atoms with van der Waals surface area (Å²) in [4.78, 5) is 0. The Hall–Kier alpha value is -1.35. The molecule has 0 fully saturated rings. The molecule has 1 rings (SSSR count). The van der Waals surface area contributed by atoms with Gasteiger partial charge < -0.3 is 18.9 Å². The third-order valence-electron chi connectivity index (χ3n) is 3.54. The fraction of sp³-hybridized carbons (Fsp3) is 0.600. The number of ether oxygens (including phenoxy) is 4. The number of nitrogens with zero attached hydrogens (tertiary/aromatic N) is 2. The molecule has 132 valence electrons. The lowest BCUT2D eigenvalue weighted by atomic mass is 10.2. The molecule has 1 aromatic rings. The lowest BCUT2D eigenvalue weighted by Crippen LogP contribution is -2.37. The first kappa shape index (κ1) is 19.7. The van der Waals surface area contributed by atoms with Crippen LogP contribution in [-0.4, -0.2) is 63.1 Å². The van der Waals surface area contributed by atoms with E-state index in [1.165, 1.54) is 7.05 Å². The molecule has 1 atom stereocenters. The highest BCUT2D eigenvalue weighted by Crippen LogP contribution is 2.26. The molecule has 0 aromatic heterocycles. The molecule has 23 heavy (non-hydrogen) atoms. The summed E-state index contributed by atoms with van der Waals surface area (Å²) >= 11 is 0. The van der Waals surface area contributed by atoms with Crippen molar-refractivity contribution in [1.82, 2.24) is 4.31 Å². The summed E-state index contributed by atoms with van der Waals surface area (Å²) in [7, 11) is 5.25. The summed E-state index contributed by atoms with van der Waals surface area (Å²) in [6.45, 7) is 0.692. The summed E-state index contributed by atoms with van der Waals surface area (Å²) in [6.07, 6.45) is 1.09. The smallest absolute Gasteiger partial charge is 0.170 e. The quantitative estimate of drug-likeness (QED) is 0.637. The van der Waals surface area contributed by atoms with Crippen LogP contribution >= 0.6 is 0 Å². The number of methoxy groups -OCH3 is 4. The van der Waals surface area contributed by atoms with Gasteiger partial charge in [-0.15, -0.1) is 0 Å². The van der Waals surface area contributed by atoms with Crippen LogP contribution in [0.1, 0.15) is 5.56 Å². The lowest BCUT2D eigenvalue weighted by Gasteiger charge is -2.27. The second kappa shape index (κ2) is 9.07. The molecule has 0 spiro atoms. The van der Waals surface area contributed by atoms with Gasteiger partial charge in [0.15, 0.2) is 6.29 Å². The van der Waals surface area contributed by atoms with Crippen molar-refractivity contribution in [3.05, 3.63) is 23.8 Å². The van der Waals surface area contributed by atoms with Crippen LogP contribution in [0.15, 0.2) is 22.6 Å². The van der Waals surface area contributed by atoms with E-state index in [1.54, 1.807) is 45.1 Å². The van der Waals surface area contributed by atoms with Crippen molar-refractivity contribution in [2.75, 3.05) is 48.3 Å². The van der Waals surface area contributed by atoms with E-state index < -0.39 is 16.2 Å². The van der Waals surface area contributed by atoms with Gasteiger partial charge in [-0.25, -0.2) is 12.9 Å². The van der Waals surface area contributed by atoms with Crippen LogP contribution in [0, 0.1) is 0 Å². The first-order chi connectivity index (χ1) is 10.9. The van der Waals surface area contributed by atoms with Gasteiger partial charge in [0.05, 0.1) is 20.8 Å². The molecule has 0 aliphatic heterocycles. The number of benzene rings is 1. The topological polar surface area (TPSA) is 69.6 Å². The standard InChI is InChI=1S/C15H26N2O5S/c1-16-23(6,18)17(11-15(21-4)22-5)10-12-7-8-13(19-2)9-14(12)20-3/h7-9,15H,10-11H2,1-6H3. The average molecular weight is 346 g/mol. The Labute approximate surface area is 138 Å². The van der Waals surface area contributed by atoms with E-state index in [0.717, 1.165) is 5.56 Å². The molecule has 0 heterocycles. The van der Waals surface area contributed by atoms with Gasteiger partial charge in [-0.2, -0.15) is 0 Å². The van der Waals surface area contributed by atoms with Gasteiger partial charge >= 0.3 is 0 Å². The normalized spacial score (nSPS) is 13.9. The highest BCUT2D eigenvalue weighted by Gasteiger charge is 2.22. The maximum absolute atomic E-state index is 12.7. The maximum atomic E-state index is 12.7. The fourth-order valence-electron chi connectivity index (χ4n) is 2.02. The van der Waals surface area contributed by atoms with E-state index >= 15 is 0 Å². The third kappa shape index (κ3) is 5.35. The molecule has 0 radical (unpaired) electrons. The molecule has 0 saturated carbocycles. The van der Waals surface area contributed by atoms with Gasteiger partial charge in [0.2, 0.25) is 0 Å². The molecule has 0 aliphatic rings. The average Bonchev–Trinajstić information content (AvgIpc) is 2.58. The molecular weight excluding hydrogens is 320 g/mol. The van der Waals surface area contributed by atoms with E-state index in [4.69, 9.17) is 18.9 Å². The fourth-order valence-corrected chi connectivity index (χ4v) is 3.03. The zero-order valence-electron chi connectivity index (χ0n) is 14.6. The lowest BCUT2D eigenvalue weighted by molar-refractivity contribution is -0.108. The molecule has 0 aliphatic carbocycles. The minimum atomic E-state index is -2.55. The van der Waals surface area contributed by atoms with Crippen LogP contribution in [0.4, 0.5) is 0 Å². The molecular formula is C15H26N2O5S. The first-order valence-electron chi connectivity index (χ1n) is 7.03. The van der Waals surface area contributed by atoms with Crippen molar-refractivity contribution in [1.29, 1.82) is 0 Å². The second-order valence-electron chi connectivity index (χ2n) is 4.85. The Morgan fingerprint density at radius 3 is 2.30 bits per heavy atom. The van der Waals surface area contributed by atoms with Gasteiger partial charge in [0, 0.05) is 45.7 Å². The Morgan fingerprint density at radius 1 is 1.17 bits per heavy atom. The molecule has 0 amide bonds. The van der Waals surface area contributed by atoms with Crippen LogP contribution in [0.2, 0.25) is 0 Å². The molecule has 0 saturated heterocycles. The van der Waals surface area contributed by atoms with Crippen molar-refractivity contribution in [2.24, 2.45) is 4.36 Å². The van der Waals surface area contributed by atoms with Crippen LogP contribution in [0.5, 0.6) is 11.5 Å². The van der Waals surface area contributed by atoms with Gasteiger partial charge in [-0.05, 0) is 6.07 Å². The largest absolute Gasteiger partial charge is 0.497 e. The predicted octanol–water partition coefficient (Wildman–Crippen LogP) is 1.77. The molecule has 8 heteroatoms. The van der Waals surface area contributed by atoms with E-state index in [-0.39, 0.29) is 0 Å². The van der Waals surface area contributed by atoms with Crippen LogP contribution < -0.4 is 9.47 Å². The highest BCUT2D eigenvalue weighted by molar-refractivity contribution is 7.90. The van der Waals surface area contributed by atoms with Crippen LogP contribution in [0.3, 0.4) is 0 Å². The van der Waals surface area contributed by atoms with E-state index in [1.807, 2.05) is 12.1 Å². The molecule has 1 aromatic carbocycles. The van der Waals surface area contributed by atoms with Gasteiger partial charge in [0.1, 0.15) is 21.4 Å². The van der Waals surface area contributed by atoms with E-state index in [0.29, 0.717) is 24.6 Å². The Morgan fingerprint density at radius 2 is 1.83 bits per heavy atom. The minimum absolute atomic E-state index is 0.314. The second-order valence-corrected chi connectivity index (χ2v) is 7.25. The minimum Gasteiger partial charge on any atom is -0.497 e. The van der Waals surface area contributed by atoms with Crippen molar-refractivity contribution in [2.45, 2.75) is 12.8 Å². The predicted molar refractivity (Wildman–Crippen MR) is 90.2 cm³/mol. The molecule has 1 unspecified atom stereocenters. The van der Waals surface area contributed by atoms with Gasteiger partial charge in [0.25, 0.3) is 0 Å². The zero-order chi connectivity index (χ0) is 17.5.